The summed E-state index contributed by atoms with van der Waals surface area (Å²) < 4.78 is 16.7. The molecule has 0 saturated carbocycles. The summed E-state index contributed by atoms with van der Waals surface area (Å²) in [5.74, 6) is -1.18. The first-order chi connectivity index (χ1) is 18.5. The van der Waals surface area contributed by atoms with E-state index in [0.29, 0.717) is 38.0 Å². The molecule has 1 aliphatic heterocycles. The van der Waals surface area contributed by atoms with E-state index in [4.69, 9.17) is 14.2 Å². The topological polar surface area (TPSA) is 78.9 Å². The maximum absolute atomic E-state index is 13.4. The van der Waals surface area contributed by atoms with Crippen molar-refractivity contribution in [3.05, 3.63) is 70.8 Å². The Balaban J connectivity index is 1.39. The standard InChI is InChI=1S/C32H36O6/c1-3-5-15-36-24-11-7-20(8-12-24)22-17-23-18-26(21-9-13-25(14-10-21)37-16-6-4-2)29-30(28(23)27(33)19-22)32(35)38-31(29)34/h7-14,22,26,29-30H,3-6,15-19H2,1-2H3/t22-,26+,29+,30+/m0/s1. The fraction of sp³-hybridized carbons (Fsp3) is 0.469. The summed E-state index contributed by atoms with van der Waals surface area (Å²) in [5.41, 5.74) is 3.56. The number of rotatable bonds is 10. The molecule has 0 radical (unpaired) electrons. The van der Waals surface area contributed by atoms with Crippen LogP contribution in [0, 0.1) is 11.8 Å². The maximum Gasteiger partial charge on any atom is 0.322 e. The number of unbranched alkanes of at least 4 members (excludes halogenated alkanes) is 2. The average molecular weight is 517 g/mol. The van der Waals surface area contributed by atoms with Crippen molar-refractivity contribution in [2.24, 2.45) is 11.8 Å². The molecule has 4 atom stereocenters. The van der Waals surface area contributed by atoms with Crippen LogP contribution in [0.5, 0.6) is 11.5 Å². The van der Waals surface area contributed by atoms with Crippen LogP contribution in [0.4, 0.5) is 0 Å². The van der Waals surface area contributed by atoms with Crippen LogP contribution in [0.25, 0.3) is 0 Å². The molecule has 0 N–H and O–H groups in total. The van der Waals surface area contributed by atoms with Gasteiger partial charge in [-0.15, -0.1) is 0 Å². The lowest BCUT2D eigenvalue weighted by Crippen LogP contribution is -2.37. The lowest BCUT2D eigenvalue weighted by atomic mass is 9.62. The average Bonchev–Trinajstić information content (AvgIpc) is 3.22. The molecule has 2 aliphatic carbocycles. The second-order valence-electron chi connectivity index (χ2n) is 10.6. The number of ether oxygens (including phenoxy) is 3. The Bertz CT molecular complexity index is 1210. The van der Waals surface area contributed by atoms with Gasteiger partial charge in [0.15, 0.2) is 5.78 Å². The minimum Gasteiger partial charge on any atom is -0.494 e. The monoisotopic (exact) mass is 516 g/mol. The minimum absolute atomic E-state index is 0.0330. The molecule has 200 valence electrons. The van der Waals surface area contributed by atoms with Gasteiger partial charge in [-0.3, -0.25) is 14.4 Å². The molecule has 5 rings (SSSR count). The number of cyclic esters (lactones) is 2. The Morgan fingerprint density at radius 3 is 1.89 bits per heavy atom. The summed E-state index contributed by atoms with van der Waals surface area (Å²) in [4.78, 5) is 39.1. The van der Waals surface area contributed by atoms with Gasteiger partial charge in [-0.2, -0.15) is 0 Å². The van der Waals surface area contributed by atoms with Gasteiger partial charge in [-0.25, -0.2) is 0 Å². The van der Waals surface area contributed by atoms with Crippen molar-refractivity contribution in [3.63, 3.8) is 0 Å². The molecule has 1 saturated heterocycles. The van der Waals surface area contributed by atoms with Gasteiger partial charge in [-0.1, -0.05) is 56.5 Å². The molecule has 6 nitrogen and oxygen atoms in total. The van der Waals surface area contributed by atoms with E-state index in [1.165, 1.54) is 0 Å². The van der Waals surface area contributed by atoms with E-state index >= 15 is 0 Å². The van der Waals surface area contributed by atoms with Crippen molar-refractivity contribution in [3.8, 4) is 11.5 Å². The normalized spacial score (nSPS) is 24.6. The zero-order valence-corrected chi connectivity index (χ0v) is 22.2. The number of hydrogen-bond acceptors (Lipinski definition) is 6. The molecule has 2 aromatic rings. The summed E-state index contributed by atoms with van der Waals surface area (Å²) in [5, 5.41) is 0. The first-order valence-corrected chi connectivity index (χ1v) is 14.0. The number of carbonyl (C=O) groups excluding carboxylic acids is 3. The third kappa shape index (κ3) is 5.27. The lowest BCUT2D eigenvalue weighted by Gasteiger charge is -2.37. The largest absolute Gasteiger partial charge is 0.494 e. The van der Waals surface area contributed by atoms with Crippen molar-refractivity contribution >= 4 is 17.7 Å². The van der Waals surface area contributed by atoms with Crippen molar-refractivity contribution < 1.29 is 28.6 Å². The Kier molecular flexibility index (Phi) is 7.96. The van der Waals surface area contributed by atoms with Gasteiger partial charge in [0, 0.05) is 17.9 Å². The van der Waals surface area contributed by atoms with Crippen LogP contribution in [0.1, 0.15) is 81.8 Å². The first-order valence-electron chi connectivity index (χ1n) is 14.0. The van der Waals surface area contributed by atoms with Gasteiger partial charge >= 0.3 is 11.9 Å². The summed E-state index contributed by atoms with van der Waals surface area (Å²) in [6.07, 6.45) is 5.73. The highest BCUT2D eigenvalue weighted by molar-refractivity contribution is 6.09. The molecule has 6 heteroatoms. The number of carbonyl (C=O) groups is 3. The SMILES string of the molecule is CCCCOc1ccc([C@@H]2CC(=O)C3=C(C2)C[C@H](c2ccc(OCCCC)cc2)[C@H]2C(=O)OC(=O)[C@H]32)cc1. The van der Waals surface area contributed by atoms with Gasteiger partial charge in [0.25, 0.3) is 0 Å². The van der Waals surface area contributed by atoms with Crippen LogP contribution in [0.2, 0.25) is 0 Å². The minimum atomic E-state index is -0.806. The van der Waals surface area contributed by atoms with Gasteiger partial charge < -0.3 is 14.2 Å². The molecule has 38 heavy (non-hydrogen) atoms. The molecular weight excluding hydrogens is 480 g/mol. The van der Waals surface area contributed by atoms with Crippen LogP contribution in [0.15, 0.2) is 59.7 Å². The Hall–Kier alpha value is -3.41. The predicted molar refractivity (Wildman–Crippen MR) is 143 cm³/mol. The molecule has 0 bridgehead atoms. The van der Waals surface area contributed by atoms with E-state index in [9.17, 15) is 14.4 Å². The van der Waals surface area contributed by atoms with Gasteiger partial charge in [0.1, 0.15) is 11.5 Å². The van der Waals surface area contributed by atoms with Gasteiger partial charge in [0.2, 0.25) is 0 Å². The van der Waals surface area contributed by atoms with Crippen molar-refractivity contribution in [2.75, 3.05) is 13.2 Å². The highest BCUT2D eigenvalue weighted by Gasteiger charge is 2.56. The third-order valence-electron chi connectivity index (χ3n) is 8.10. The van der Waals surface area contributed by atoms with E-state index in [-0.39, 0.29) is 17.6 Å². The number of allylic oxidation sites excluding steroid dienone is 1. The Labute approximate surface area is 224 Å². The number of ketones is 1. The van der Waals surface area contributed by atoms with Crippen LogP contribution in [-0.2, 0) is 19.1 Å². The number of Topliss-reactive ketones (excluding diaryl/α,β-unsaturated/α-hetero) is 1. The fourth-order valence-corrected chi connectivity index (χ4v) is 6.07. The summed E-state index contributed by atoms with van der Waals surface area (Å²) >= 11 is 0. The van der Waals surface area contributed by atoms with Crippen molar-refractivity contribution in [2.45, 2.75) is 70.6 Å². The number of benzene rings is 2. The summed E-state index contributed by atoms with van der Waals surface area (Å²) in [7, 11) is 0. The van der Waals surface area contributed by atoms with Crippen LogP contribution < -0.4 is 9.47 Å². The predicted octanol–water partition coefficient (Wildman–Crippen LogP) is 6.29. The quantitative estimate of drug-likeness (QED) is 0.210. The molecule has 3 aliphatic rings. The molecule has 2 aromatic carbocycles. The Morgan fingerprint density at radius 1 is 0.737 bits per heavy atom. The second-order valence-corrected chi connectivity index (χ2v) is 10.6. The van der Waals surface area contributed by atoms with Crippen LogP contribution in [-0.4, -0.2) is 30.9 Å². The van der Waals surface area contributed by atoms with E-state index in [2.05, 4.69) is 13.8 Å². The van der Waals surface area contributed by atoms with Crippen molar-refractivity contribution in [1.82, 2.24) is 0 Å². The van der Waals surface area contributed by atoms with Gasteiger partial charge in [-0.05, 0) is 67.0 Å². The number of esters is 2. The maximum atomic E-state index is 13.4. The van der Waals surface area contributed by atoms with E-state index in [1.54, 1.807) is 0 Å². The summed E-state index contributed by atoms with van der Waals surface area (Å²) in [6, 6.07) is 15.8. The van der Waals surface area contributed by atoms with Crippen LogP contribution >= 0.6 is 0 Å². The zero-order chi connectivity index (χ0) is 26.6. The molecular formula is C32H36O6. The van der Waals surface area contributed by atoms with E-state index in [1.807, 2.05) is 48.5 Å². The summed E-state index contributed by atoms with van der Waals surface area (Å²) in [6.45, 7) is 5.61. The van der Waals surface area contributed by atoms with Crippen LogP contribution in [0.3, 0.4) is 0 Å². The highest BCUT2D eigenvalue weighted by Crippen LogP contribution is 2.53. The van der Waals surface area contributed by atoms with Crippen molar-refractivity contribution in [1.29, 1.82) is 0 Å². The van der Waals surface area contributed by atoms with E-state index in [0.717, 1.165) is 53.9 Å². The fourth-order valence-electron chi connectivity index (χ4n) is 6.07. The molecule has 0 spiro atoms. The molecule has 0 amide bonds. The molecule has 0 aromatic heterocycles. The number of fused-ring (bicyclic) bond motifs is 2. The van der Waals surface area contributed by atoms with E-state index < -0.39 is 23.8 Å². The number of hydrogen-bond donors (Lipinski definition) is 0. The first kappa shape index (κ1) is 26.2. The lowest BCUT2D eigenvalue weighted by molar-refractivity contribution is -0.153. The molecule has 1 heterocycles. The highest BCUT2D eigenvalue weighted by atomic mass is 16.6. The third-order valence-corrected chi connectivity index (χ3v) is 8.10. The smallest absolute Gasteiger partial charge is 0.322 e. The molecule has 1 fully saturated rings. The Morgan fingerprint density at radius 2 is 1.32 bits per heavy atom. The van der Waals surface area contributed by atoms with Gasteiger partial charge in [0.05, 0.1) is 25.0 Å². The molecule has 0 unspecified atom stereocenters. The zero-order valence-electron chi connectivity index (χ0n) is 22.2. The second kappa shape index (κ2) is 11.5.